The molecular weight excluding hydrogens is 307 g/mol. The molecule has 0 fully saturated rings. The molecule has 0 radical (unpaired) electrons. The summed E-state index contributed by atoms with van der Waals surface area (Å²) in [5.74, 6) is 4.73. The molecule has 0 aromatic heterocycles. The van der Waals surface area contributed by atoms with Gasteiger partial charge in [0.05, 0.1) is 5.69 Å². The summed E-state index contributed by atoms with van der Waals surface area (Å²) in [6.07, 6.45) is -2.74. The van der Waals surface area contributed by atoms with E-state index in [9.17, 15) is 13.2 Å². The molecule has 2 aromatic rings. The van der Waals surface area contributed by atoms with Crippen molar-refractivity contribution in [2.24, 2.45) is 4.99 Å². The second kappa shape index (κ2) is 7.19. The molecule has 0 atom stereocenters. The van der Waals surface area contributed by atoms with Crippen LogP contribution in [0.3, 0.4) is 0 Å². The van der Waals surface area contributed by atoms with Crippen LogP contribution in [0.15, 0.2) is 64.5 Å². The maximum Gasteiger partial charge on any atom is 0.441 e. The van der Waals surface area contributed by atoms with Crippen LogP contribution in [0.1, 0.15) is 5.56 Å². The van der Waals surface area contributed by atoms with E-state index in [-0.39, 0.29) is 5.69 Å². The molecule has 0 bridgehead atoms. The summed E-state index contributed by atoms with van der Waals surface area (Å²) in [5, 5.41) is 0. The number of hydrogen-bond donors (Lipinski definition) is 0. The van der Waals surface area contributed by atoms with Crippen molar-refractivity contribution in [1.82, 2.24) is 0 Å². The van der Waals surface area contributed by atoms with Crippen molar-refractivity contribution in [3.63, 3.8) is 0 Å². The topological polar surface area (TPSA) is 12.4 Å². The molecule has 2 rings (SSSR count). The van der Waals surface area contributed by atoms with Gasteiger partial charge in [-0.05, 0) is 36.4 Å². The van der Waals surface area contributed by atoms with Crippen molar-refractivity contribution in [3.8, 4) is 11.8 Å². The Balaban J connectivity index is 2.42. The zero-order valence-electron chi connectivity index (χ0n) is 11.7. The van der Waals surface area contributed by atoms with E-state index in [4.69, 9.17) is 0 Å². The van der Waals surface area contributed by atoms with Crippen LogP contribution in [0.4, 0.5) is 18.9 Å². The van der Waals surface area contributed by atoms with Crippen molar-refractivity contribution in [2.75, 3.05) is 6.26 Å². The van der Waals surface area contributed by atoms with E-state index in [1.807, 2.05) is 18.4 Å². The summed E-state index contributed by atoms with van der Waals surface area (Å²) in [4.78, 5) is 4.44. The maximum absolute atomic E-state index is 13.1. The Kier molecular flexibility index (Phi) is 5.29. The second-order valence-corrected chi connectivity index (χ2v) is 5.09. The van der Waals surface area contributed by atoms with Gasteiger partial charge in [-0.2, -0.15) is 13.2 Å². The maximum atomic E-state index is 13.1. The predicted octanol–water partition coefficient (Wildman–Crippen LogP) is 5.10. The van der Waals surface area contributed by atoms with Gasteiger partial charge >= 0.3 is 6.18 Å². The first-order valence-electron chi connectivity index (χ1n) is 6.36. The fourth-order valence-corrected chi connectivity index (χ4v) is 2.22. The van der Waals surface area contributed by atoms with E-state index in [1.54, 1.807) is 30.3 Å². The van der Waals surface area contributed by atoms with E-state index in [0.29, 0.717) is 5.56 Å². The van der Waals surface area contributed by atoms with Gasteiger partial charge < -0.3 is 0 Å². The summed E-state index contributed by atoms with van der Waals surface area (Å²) >= 11 is 1.43. The lowest BCUT2D eigenvalue weighted by molar-refractivity contribution is -0.0571. The molecule has 0 aliphatic carbocycles. The molecule has 0 saturated carbocycles. The van der Waals surface area contributed by atoms with Gasteiger partial charge in [0.15, 0.2) is 5.71 Å². The first kappa shape index (κ1) is 16.2. The van der Waals surface area contributed by atoms with Crippen molar-refractivity contribution >= 4 is 23.2 Å². The highest BCUT2D eigenvalue weighted by atomic mass is 32.2. The highest BCUT2D eigenvalue weighted by molar-refractivity contribution is 7.98. The van der Waals surface area contributed by atoms with Crippen LogP contribution in [0.25, 0.3) is 0 Å². The summed E-state index contributed by atoms with van der Waals surface area (Å²) in [6.45, 7) is 0. The lowest BCUT2D eigenvalue weighted by Crippen LogP contribution is -2.21. The average Bonchev–Trinajstić information content (AvgIpc) is 2.51. The highest BCUT2D eigenvalue weighted by Gasteiger charge is 2.34. The number of nitrogens with zero attached hydrogens (tertiary/aromatic N) is 1. The van der Waals surface area contributed by atoms with E-state index < -0.39 is 11.9 Å². The third kappa shape index (κ3) is 4.40. The van der Waals surface area contributed by atoms with Gasteiger partial charge in [-0.1, -0.05) is 36.3 Å². The number of alkyl halides is 3. The zero-order valence-corrected chi connectivity index (χ0v) is 12.5. The van der Waals surface area contributed by atoms with Crippen molar-refractivity contribution in [1.29, 1.82) is 0 Å². The molecule has 1 nitrogen and oxygen atoms in total. The SMILES string of the molecule is CSc1ccccc1C#CC(=Nc1ccccc1)C(F)(F)F. The van der Waals surface area contributed by atoms with Crippen LogP contribution in [-0.4, -0.2) is 18.1 Å². The molecule has 0 saturated heterocycles. The molecular formula is C17H12F3NS. The zero-order chi connectivity index (χ0) is 16.0. The molecule has 0 spiro atoms. The van der Waals surface area contributed by atoms with Gasteiger partial charge in [-0.25, -0.2) is 4.99 Å². The minimum absolute atomic E-state index is 0.224. The first-order chi connectivity index (χ1) is 10.5. The molecule has 22 heavy (non-hydrogen) atoms. The lowest BCUT2D eigenvalue weighted by Gasteiger charge is -2.04. The largest absolute Gasteiger partial charge is 0.441 e. The molecule has 2 aromatic carbocycles. The molecule has 0 N–H and O–H groups in total. The number of halogens is 3. The molecule has 0 aliphatic heterocycles. The summed E-state index contributed by atoms with van der Waals surface area (Å²) in [5.41, 5.74) is -0.322. The average molecular weight is 319 g/mol. The van der Waals surface area contributed by atoms with Crippen LogP contribution in [0.2, 0.25) is 0 Å². The Hall–Kier alpha value is -2.19. The highest BCUT2D eigenvalue weighted by Crippen LogP contribution is 2.22. The Morgan fingerprint density at radius 1 is 1.00 bits per heavy atom. The number of hydrogen-bond acceptors (Lipinski definition) is 2. The molecule has 0 amide bonds. The Bertz CT molecular complexity index is 725. The number of aliphatic imine (C=N–C) groups is 1. The van der Waals surface area contributed by atoms with Crippen molar-refractivity contribution in [2.45, 2.75) is 11.1 Å². The molecule has 0 aliphatic rings. The third-order valence-electron chi connectivity index (χ3n) is 2.69. The minimum atomic E-state index is -4.59. The summed E-state index contributed by atoms with van der Waals surface area (Å²) < 4.78 is 39.2. The quantitative estimate of drug-likeness (QED) is 0.426. The molecule has 5 heteroatoms. The normalized spacial score (nSPS) is 11.7. The predicted molar refractivity (Wildman–Crippen MR) is 84.7 cm³/mol. The van der Waals surface area contributed by atoms with Crippen LogP contribution in [-0.2, 0) is 0 Å². The fraction of sp³-hybridized carbons (Fsp3) is 0.118. The third-order valence-corrected chi connectivity index (χ3v) is 3.48. The fourth-order valence-electron chi connectivity index (χ4n) is 1.67. The standard InChI is InChI=1S/C17H12F3NS/c1-22-15-10-6-5-7-13(15)11-12-16(17(18,19)20)21-14-8-3-2-4-9-14/h2-10H,1H3. The van der Waals surface area contributed by atoms with Crippen molar-refractivity contribution < 1.29 is 13.2 Å². The number of benzene rings is 2. The molecule has 0 heterocycles. The van der Waals surface area contributed by atoms with E-state index in [1.165, 1.54) is 23.9 Å². The first-order valence-corrected chi connectivity index (χ1v) is 7.59. The van der Waals surface area contributed by atoms with Gasteiger partial charge in [-0.15, -0.1) is 11.8 Å². The van der Waals surface area contributed by atoms with Gasteiger partial charge in [0.1, 0.15) is 0 Å². The summed E-state index contributed by atoms with van der Waals surface area (Å²) in [7, 11) is 0. The smallest absolute Gasteiger partial charge is 0.235 e. The van der Waals surface area contributed by atoms with E-state index in [0.717, 1.165) is 4.90 Å². The lowest BCUT2D eigenvalue weighted by atomic mass is 10.2. The van der Waals surface area contributed by atoms with Crippen LogP contribution in [0.5, 0.6) is 0 Å². The van der Waals surface area contributed by atoms with Crippen LogP contribution < -0.4 is 0 Å². The monoisotopic (exact) mass is 319 g/mol. The van der Waals surface area contributed by atoms with Crippen LogP contribution in [0, 0.1) is 11.8 Å². The minimum Gasteiger partial charge on any atom is -0.235 e. The Morgan fingerprint density at radius 2 is 1.64 bits per heavy atom. The van der Waals surface area contributed by atoms with Gasteiger partial charge in [0.25, 0.3) is 0 Å². The Labute approximate surface area is 131 Å². The van der Waals surface area contributed by atoms with E-state index in [2.05, 4.69) is 16.8 Å². The molecule has 112 valence electrons. The van der Waals surface area contributed by atoms with E-state index >= 15 is 0 Å². The van der Waals surface area contributed by atoms with Gasteiger partial charge in [0, 0.05) is 10.5 Å². The number of para-hydroxylation sites is 1. The van der Waals surface area contributed by atoms with Gasteiger partial charge in [0.2, 0.25) is 0 Å². The van der Waals surface area contributed by atoms with Crippen molar-refractivity contribution in [3.05, 3.63) is 60.2 Å². The number of thioether (sulfide) groups is 1. The number of rotatable bonds is 2. The molecule has 0 unspecified atom stereocenters. The Morgan fingerprint density at radius 3 is 2.27 bits per heavy atom. The summed E-state index contributed by atoms with van der Waals surface area (Å²) in [6, 6.07) is 15.0. The van der Waals surface area contributed by atoms with Crippen LogP contribution >= 0.6 is 11.8 Å². The van der Waals surface area contributed by atoms with Gasteiger partial charge in [-0.3, -0.25) is 0 Å². The second-order valence-electron chi connectivity index (χ2n) is 4.24.